The molecule has 0 aromatic heterocycles. The summed E-state index contributed by atoms with van der Waals surface area (Å²) in [6.07, 6.45) is 2.60. The van der Waals surface area contributed by atoms with Crippen LogP contribution in [0.3, 0.4) is 0 Å². The lowest BCUT2D eigenvalue weighted by molar-refractivity contribution is -0.121. The maximum atomic E-state index is 11.6. The van der Waals surface area contributed by atoms with Crippen LogP contribution in [-0.4, -0.2) is 23.0 Å². The van der Waals surface area contributed by atoms with E-state index in [0.29, 0.717) is 10.8 Å². The molecule has 1 aromatic rings. The van der Waals surface area contributed by atoms with Crippen molar-refractivity contribution in [3.8, 4) is 0 Å². The van der Waals surface area contributed by atoms with Crippen LogP contribution >= 0.6 is 12.2 Å². The van der Waals surface area contributed by atoms with E-state index in [-0.39, 0.29) is 5.91 Å². The van der Waals surface area contributed by atoms with Gasteiger partial charge in [0.25, 0.3) is 5.91 Å². The van der Waals surface area contributed by atoms with Crippen molar-refractivity contribution in [3.63, 3.8) is 0 Å². The molecule has 16 heavy (non-hydrogen) atoms. The van der Waals surface area contributed by atoms with Crippen molar-refractivity contribution < 1.29 is 4.79 Å². The normalized spacial score (nSPS) is 18.1. The van der Waals surface area contributed by atoms with Crippen molar-refractivity contribution in [1.29, 1.82) is 0 Å². The number of benzene rings is 1. The van der Waals surface area contributed by atoms with Gasteiger partial charge < -0.3 is 5.32 Å². The second kappa shape index (κ2) is 4.45. The van der Waals surface area contributed by atoms with E-state index in [2.05, 4.69) is 5.32 Å². The maximum absolute atomic E-state index is 11.6. The number of nitrogens with zero attached hydrogens (tertiary/aromatic N) is 1. The minimum atomic E-state index is -0.0686. The first kappa shape index (κ1) is 10.8. The highest BCUT2D eigenvalue weighted by Crippen LogP contribution is 2.09. The number of nitrogens with one attached hydrogen (secondary N) is 1. The van der Waals surface area contributed by atoms with Gasteiger partial charge in [0, 0.05) is 7.05 Å². The Morgan fingerprint density at radius 2 is 2.06 bits per heavy atom. The first-order valence-corrected chi connectivity index (χ1v) is 5.42. The molecule has 0 atom stereocenters. The topological polar surface area (TPSA) is 32.3 Å². The van der Waals surface area contributed by atoms with Crippen LogP contribution in [0.15, 0.2) is 42.1 Å². The number of thiocarbonyl (C=S) groups is 1. The zero-order valence-corrected chi connectivity index (χ0v) is 9.75. The molecule has 1 fully saturated rings. The Kier molecular flexibility index (Phi) is 3.01. The summed E-state index contributed by atoms with van der Waals surface area (Å²) in [7, 11) is 1.67. The van der Waals surface area contributed by atoms with E-state index in [1.54, 1.807) is 7.05 Å². The number of hydrogen-bond donors (Lipinski definition) is 1. The van der Waals surface area contributed by atoms with Crippen molar-refractivity contribution >= 4 is 23.2 Å². The van der Waals surface area contributed by atoms with E-state index in [9.17, 15) is 4.79 Å². The number of carbonyl (C=O) groups is 1. The fourth-order valence-corrected chi connectivity index (χ4v) is 1.69. The van der Waals surface area contributed by atoms with Gasteiger partial charge in [-0.15, -0.1) is 0 Å². The minimum Gasteiger partial charge on any atom is -0.328 e. The molecule has 1 aliphatic rings. The number of carbonyl (C=O) groups excluding carboxylic acids is 1. The molecule has 82 valence electrons. The summed E-state index contributed by atoms with van der Waals surface area (Å²) in [6.45, 7) is 0. The molecule has 0 radical (unpaired) electrons. The Bertz CT molecular complexity index is 453. The number of rotatable bonds is 2. The molecule has 4 heteroatoms. The summed E-state index contributed by atoms with van der Waals surface area (Å²) < 4.78 is 0. The minimum absolute atomic E-state index is 0.0686. The molecule has 1 amide bonds. The molecule has 0 spiro atoms. The van der Waals surface area contributed by atoms with Crippen LogP contribution < -0.4 is 5.32 Å². The smallest absolute Gasteiger partial charge is 0.275 e. The number of allylic oxidation sites excluding steroid dienone is 1. The lowest BCUT2D eigenvalue weighted by atomic mass is 10.1. The van der Waals surface area contributed by atoms with Gasteiger partial charge in [-0.1, -0.05) is 36.4 Å². The molecule has 0 saturated carbocycles. The Morgan fingerprint density at radius 3 is 2.62 bits per heavy atom. The monoisotopic (exact) mass is 232 g/mol. The molecule has 1 aromatic carbocycles. The van der Waals surface area contributed by atoms with Crippen molar-refractivity contribution in [2.45, 2.75) is 6.42 Å². The third kappa shape index (κ3) is 2.12. The van der Waals surface area contributed by atoms with Crippen LogP contribution in [0.2, 0.25) is 0 Å². The predicted octanol–water partition coefficient (Wildman–Crippen LogP) is 1.46. The van der Waals surface area contributed by atoms with Crippen LogP contribution in [0.5, 0.6) is 0 Å². The highest BCUT2D eigenvalue weighted by atomic mass is 32.1. The first-order chi connectivity index (χ1) is 7.68. The molecule has 0 aliphatic carbocycles. The largest absolute Gasteiger partial charge is 0.328 e. The van der Waals surface area contributed by atoms with Crippen LogP contribution in [0.4, 0.5) is 0 Å². The van der Waals surface area contributed by atoms with E-state index >= 15 is 0 Å². The Morgan fingerprint density at radius 1 is 1.38 bits per heavy atom. The summed E-state index contributed by atoms with van der Waals surface area (Å²) in [5.41, 5.74) is 1.74. The van der Waals surface area contributed by atoms with Crippen LogP contribution in [0.1, 0.15) is 5.56 Å². The Balaban J connectivity index is 2.10. The van der Waals surface area contributed by atoms with Gasteiger partial charge in [0.15, 0.2) is 5.11 Å². The van der Waals surface area contributed by atoms with Gasteiger partial charge in [-0.05, 0) is 24.2 Å². The van der Waals surface area contributed by atoms with E-state index in [1.165, 1.54) is 10.5 Å². The van der Waals surface area contributed by atoms with Gasteiger partial charge in [0.2, 0.25) is 0 Å². The first-order valence-electron chi connectivity index (χ1n) is 5.01. The SMILES string of the molecule is CN1C(=O)/C(=C/Cc2ccccc2)NC1=S. The molecule has 1 heterocycles. The predicted molar refractivity (Wildman–Crippen MR) is 66.7 cm³/mol. The van der Waals surface area contributed by atoms with Crippen molar-refractivity contribution in [3.05, 3.63) is 47.7 Å². The second-order valence-electron chi connectivity index (χ2n) is 3.60. The fraction of sp³-hybridized carbons (Fsp3) is 0.167. The van der Waals surface area contributed by atoms with Gasteiger partial charge in [-0.3, -0.25) is 9.69 Å². The van der Waals surface area contributed by atoms with Gasteiger partial charge in [0.1, 0.15) is 5.70 Å². The summed E-state index contributed by atoms with van der Waals surface area (Å²) in [6, 6.07) is 9.98. The zero-order chi connectivity index (χ0) is 11.5. The van der Waals surface area contributed by atoms with Gasteiger partial charge in [-0.25, -0.2) is 0 Å². The molecular weight excluding hydrogens is 220 g/mol. The summed E-state index contributed by atoms with van der Waals surface area (Å²) in [5.74, 6) is -0.0686. The van der Waals surface area contributed by atoms with Crippen LogP contribution in [-0.2, 0) is 11.2 Å². The van der Waals surface area contributed by atoms with E-state index < -0.39 is 0 Å². The maximum Gasteiger partial charge on any atom is 0.275 e. The number of likely N-dealkylation sites (N-methyl/N-ethyl adjacent to an activating group) is 1. The third-order valence-electron chi connectivity index (χ3n) is 2.47. The average Bonchev–Trinajstić information content (AvgIpc) is 2.56. The lowest BCUT2D eigenvalue weighted by Crippen LogP contribution is -2.25. The Hall–Kier alpha value is -1.68. The molecule has 0 unspecified atom stereocenters. The Labute approximate surface area is 99.8 Å². The molecule has 1 N–H and O–H groups in total. The number of amides is 1. The van der Waals surface area contributed by atoms with Crippen molar-refractivity contribution in [2.75, 3.05) is 7.05 Å². The van der Waals surface area contributed by atoms with Crippen LogP contribution in [0.25, 0.3) is 0 Å². The highest BCUT2D eigenvalue weighted by Gasteiger charge is 2.26. The fourth-order valence-electron chi connectivity index (χ4n) is 1.50. The van der Waals surface area contributed by atoms with Crippen LogP contribution in [0, 0.1) is 0 Å². The molecule has 1 saturated heterocycles. The van der Waals surface area contributed by atoms with Gasteiger partial charge in [-0.2, -0.15) is 0 Å². The lowest BCUT2D eigenvalue weighted by Gasteiger charge is -2.02. The second-order valence-corrected chi connectivity index (χ2v) is 3.99. The van der Waals surface area contributed by atoms with E-state index in [1.807, 2.05) is 36.4 Å². The highest BCUT2D eigenvalue weighted by molar-refractivity contribution is 7.80. The third-order valence-corrected chi connectivity index (χ3v) is 2.84. The van der Waals surface area contributed by atoms with Crippen molar-refractivity contribution in [1.82, 2.24) is 10.2 Å². The van der Waals surface area contributed by atoms with Crippen molar-refractivity contribution in [2.24, 2.45) is 0 Å². The molecule has 1 aliphatic heterocycles. The van der Waals surface area contributed by atoms with Gasteiger partial charge in [0.05, 0.1) is 0 Å². The summed E-state index contributed by atoms with van der Waals surface area (Å²) >= 11 is 4.98. The number of hydrogen-bond acceptors (Lipinski definition) is 2. The zero-order valence-electron chi connectivity index (χ0n) is 8.93. The summed E-state index contributed by atoms with van der Waals surface area (Å²) in [4.78, 5) is 13.1. The van der Waals surface area contributed by atoms with E-state index in [4.69, 9.17) is 12.2 Å². The molecule has 0 bridgehead atoms. The molecular formula is C12H12N2OS. The van der Waals surface area contributed by atoms with Gasteiger partial charge >= 0.3 is 0 Å². The molecule has 2 rings (SSSR count). The quantitative estimate of drug-likeness (QED) is 0.619. The standard InChI is InChI=1S/C12H12N2OS/c1-14-11(15)10(13-12(14)16)8-7-9-5-3-2-4-6-9/h2-6,8H,7H2,1H3,(H,13,16)/b10-8-. The van der Waals surface area contributed by atoms with E-state index in [0.717, 1.165) is 6.42 Å². The average molecular weight is 232 g/mol. The molecule has 3 nitrogen and oxygen atoms in total. The summed E-state index contributed by atoms with van der Waals surface area (Å²) in [5, 5.41) is 3.35.